The molecule has 1 aromatic rings. The third-order valence-electron chi connectivity index (χ3n) is 5.84. The molecule has 3 rings (SSSR count). The van der Waals surface area contributed by atoms with Crippen LogP contribution >= 0.6 is 11.8 Å². The monoisotopic (exact) mass is 429 g/mol. The summed E-state index contributed by atoms with van der Waals surface area (Å²) in [5.41, 5.74) is 0.00676. The number of rotatable bonds is 3. The fourth-order valence-electron chi connectivity index (χ4n) is 4.45. The summed E-state index contributed by atoms with van der Waals surface area (Å²) in [7, 11) is 0. The van der Waals surface area contributed by atoms with Gasteiger partial charge in [-0.3, -0.25) is 9.59 Å². The number of carbonyl (C=O) groups excluding carboxylic acids is 2. The smallest absolute Gasteiger partial charge is 0.400 e. The zero-order chi connectivity index (χ0) is 21.1. The molecule has 1 saturated carbocycles. The van der Waals surface area contributed by atoms with E-state index in [4.69, 9.17) is 4.74 Å². The number of amides is 1. The second-order valence-corrected chi connectivity index (χ2v) is 9.43. The minimum atomic E-state index is -4.30. The Morgan fingerprint density at radius 1 is 1.14 bits per heavy atom. The second kappa shape index (κ2) is 8.98. The average molecular weight is 430 g/mol. The van der Waals surface area contributed by atoms with E-state index in [-0.39, 0.29) is 23.1 Å². The average Bonchev–Trinajstić information content (AvgIpc) is 2.81. The molecule has 1 aliphatic heterocycles. The van der Waals surface area contributed by atoms with Gasteiger partial charge in [0.25, 0.3) is 5.91 Å². The number of nitrogens with one attached hydrogen (secondary N) is 1. The van der Waals surface area contributed by atoms with Crippen LogP contribution in [0.2, 0.25) is 0 Å². The Hall–Kier alpha value is -1.70. The number of benzene rings is 1. The summed E-state index contributed by atoms with van der Waals surface area (Å²) in [5, 5.41) is 0.668. The number of ether oxygens (including phenoxy) is 1. The molecule has 1 spiro atoms. The van der Waals surface area contributed by atoms with Crippen LogP contribution in [0.3, 0.4) is 0 Å². The zero-order valence-electron chi connectivity index (χ0n) is 16.4. The standard InChI is InChI=1S/C21H26F3NO3S/c1-14(26)28-16-8-4-3-7-15(16)19(27)25-18-13-20(10-5-2-6-11-20)12-9-17(29-18)21(22,23)24/h3-4,7-8,17-18H,2,5-6,9-13H2,1H3,(H,25,27). The largest absolute Gasteiger partial charge is 0.426 e. The Morgan fingerprint density at radius 3 is 2.48 bits per heavy atom. The van der Waals surface area contributed by atoms with Crippen LogP contribution in [-0.2, 0) is 4.79 Å². The fourth-order valence-corrected chi connectivity index (χ4v) is 5.88. The van der Waals surface area contributed by atoms with Crippen molar-refractivity contribution in [3.63, 3.8) is 0 Å². The van der Waals surface area contributed by atoms with Crippen LogP contribution in [0.1, 0.15) is 68.6 Å². The summed E-state index contributed by atoms with van der Waals surface area (Å²) >= 11 is 0.805. The lowest BCUT2D eigenvalue weighted by Gasteiger charge is -2.38. The van der Waals surface area contributed by atoms with Crippen LogP contribution in [0.25, 0.3) is 0 Å². The molecule has 4 nitrogen and oxygen atoms in total. The maximum atomic E-state index is 13.5. The predicted molar refractivity (Wildman–Crippen MR) is 106 cm³/mol. The lowest BCUT2D eigenvalue weighted by atomic mass is 9.69. The number of esters is 1. The van der Waals surface area contributed by atoms with E-state index >= 15 is 0 Å². The molecular weight excluding hydrogens is 403 g/mol. The summed E-state index contributed by atoms with van der Waals surface area (Å²) < 4.78 is 45.7. The van der Waals surface area contributed by atoms with E-state index in [9.17, 15) is 22.8 Å². The van der Waals surface area contributed by atoms with Gasteiger partial charge in [0.2, 0.25) is 0 Å². The van der Waals surface area contributed by atoms with Crippen molar-refractivity contribution in [2.45, 2.75) is 75.1 Å². The molecule has 8 heteroatoms. The Kier molecular flexibility index (Phi) is 6.81. The summed E-state index contributed by atoms with van der Waals surface area (Å²) in [6, 6.07) is 6.26. The van der Waals surface area contributed by atoms with Gasteiger partial charge in [-0.05, 0) is 49.7 Å². The minimum Gasteiger partial charge on any atom is -0.426 e. The number of hydrogen-bond acceptors (Lipinski definition) is 4. The molecule has 1 aliphatic carbocycles. The van der Waals surface area contributed by atoms with E-state index in [1.54, 1.807) is 12.1 Å². The summed E-state index contributed by atoms with van der Waals surface area (Å²) in [4.78, 5) is 24.2. The Bertz CT molecular complexity index is 747. The normalized spacial score (nSPS) is 24.6. The maximum Gasteiger partial charge on any atom is 0.400 e. The molecule has 1 amide bonds. The van der Waals surface area contributed by atoms with Gasteiger partial charge in [-0.2, -0.15) is 13.2 Å². The van der Waals surface area contributed by atoms with Crippen molar-refractivity contribution in [3.05, 3.63) is 29.8 Å². The van der Waals surface area contributed by atoms with Crippen LogP contribution in [0.4, 0.5) is 13.2 Å². The van der Waals surface area contributed by atoms with Crippen LogP contribution in [0.5, 0.6) is 5.75 Å². The molecule has 0 radical (unpaired) electrons. The van der Waals surface area contributed by atoms with Crippen LogP contribution < -0.4 is 10.1 Å². The van der Waals surface area contributed by atoms with Crippen molar-refractivity contribution in [3.8, 4) is 5.75 Å². The van der Waals surface area contributed by atoms with E-state index in [0.29, 0.717) is 12.8 Å². The van der Waals surface area contributed by atoms with Crippen molar-refractivity contribution in [2.75, 3.05) is 0 Å². The van der Waals surface area contributed by atoms with E-state index in [1.807, 2.05) is 0 Å². The van der Waals surface area contributed by atoms with Gasteiger partial charge in [-0.25, -0.2) is 0 Å². The molecule has 29 heavy (non-hydrogen) atoms. The first-order valence-electron chi connectivity index (χ1n) is 9.99. The Balaban J connectivity index is 1.81. The third-order valence-corrected chi connectivity index (χ3v) is 7.29. The highest BCUT2D eigenvalue weighted by Crippen LogP contribution is 2.51. The minimum absolute atomic E-state index is 0.0879. The van der Waals surface area contributed by atoms with Gasteiger partial charge >= 0.3 is 12.1 Å². The lowest BCUT2D eigenvalue weighted by molar-refractivity contribution is -0.132. The second-order valence-electron chi connectivity index (χ2n) is 8.02. The molecule has 0 bridgehead atoms. The van der Waals surface area contributed by atoms with Crippen molar-refractivity contribution in [1.82, 2.24) is 5.32 Å². The fraction of sp³-hybridized carbons (Fsp3) is 0.619. The summed E-state index contributed by atoms with van der Waals surface area (Å²) in [5.74, 6) is -0.976. The number of hydrogen-bond donors (Lipinski definition) is 1. The highest BCUT2D eigenvalue weighted by atomic mass is 32.2. The third kappa shape index (κ3) is 5.68. The van der Waals surface area contributed by atoms with Crippen molar-refractivity contribution < 1.29 is 27.5 Å². The van der Waals surface area contributed by atoms with Gasteiger partial charge in [-0.15, -0.1) is 11.8 Å². The van der Waals surface area contributed by atoms with Gasteiger partial charge in [0, 0.05) is 6.92 Å². The van der Waals surface area contributed by atoms with E-state index in [0.717, 1.165) is 43.9 Å². The first-order chi connectivity index (χ1) is 13.7. The molecular formula is C21H26F3NO3S. The van der Waals surface area contributed by atoms with Crippen molar-refractivity contribution in [1.29, 1.82) is 0 Å². The van der Waals surface area contributed by atoms with Crippen LogP contribution in [-0.4, -0.2) is 28.7 Å². The number of carbonyl (C=O) groups is 2. The van der Waals surface area contributed by atoms with E-state index < -0.39 is 28.7 Å². The summed E-state index contributed by atoms with van der Waals surface area (Å²) in [6.07, 6.45) is 1.85. The molecule has 2 unspecified atom stereocenters. The molecule has 2 aliphatic rings. The number of thioether (sulfide) groups is 1. The van der Waals surface area contributed by atoms with Gasteiger partial charge in [-0.1, -0.05) is 31.4 Å². The van der Waals surface area contributed by atoms with Gasteiger partial charge in [0.15, 0.2) is 0 Å². The number of halogens is 3. The molecule has 160 valence electrons. The van der Waals surface area contributed by atoms with Crippen LogP contribution in [0, 0.1) is 5.41 Å². The summed E-state index contributed by atoms with van der Waals surface area (Å²) in [6.45, 7) is 1.23. The zero-order valence-corrected chi connectivity index (χ0v) is 17.2. The van der Waals surface area contributed by atoms with E-state index in [1.165, 1.54) is 19.1 Å². The Labute approximate surface area is 173 Å². The first kappa shape index (κ1) is 22.0. The van der Waals surface area contributed by atoms with Gasteiger partial charge < -0.3 is 10.1 Å². The number of para-hydroxylation sites is 1. The predicted octanol–water partition coefficient (Wildman–Crippen LogP) is 5.47. The highest BCUT2D eigenvalue weighted by Gasteiger charge is 2.47. The molecule has 1 saturated heterocycles. The number of alkyl halides is 3. The first-order valence-corrected chi connectivity index (χ1v) is 10.9. The van der Waals surface area contributed by atoms with Gasteiger partial charge in [0.05, 0.1) is 10.9 Å². The van der Waals surface area contributed by atoms with Crippen molar-refractivity contribution in [2.24, 2.45) is 5.41 Å². The molecule has 1 heterocycles. The molecule has 1 N–H and O–H groups in total. The van der Waals surface area contributed by atoms with Gasteiger partial charge in [0.1, 0.15) is 11.0 Å². The maximum absolute atomic E-state index is 13.5. The Morgan fingerprint density at radius 2 is 1.83 bits per heavy atom. The topological polar surface area (TPSA) is 55.4 Å². The van der Waals surface area contributed by atoms with E-state index in [2.05, 4.69) is 5.32 Å². The molecule has 0 aromatic heterocycles. The van der Waals surface area contributed by atoms with Crippen molar-refractivity contribution >= 4 is 23.6 Å². The quantitative estimate of drug-likeness (QED) is 0.512. The van der Waals surface area contributed by atoms with Crippen LogP contribution in [0.15, 0.2) is 24.3 Å². The SMILES string of the molecule is CC(=O)Oc1ccccc1C(=O)NC1CC2(CCCCC2)CCC(C(F)(F)F)S1. The molecule has 2 fully saturated rings. The molecule has 1 aromatic carbocycles. The molecule has 2 atom stereocenters. The highest BCUT2D eigenvalue weighted by molar-refractivity contribution is 8.00. The lowest BCUT2D eigenvalue weighted by Crippen LogP contribution is -2.38.